The molecular formula is C22H34N2O2. The molecule has 26 heavy (non-hydrogen) atoms. The van der Waals surface area contributed by atoms with E-state index in [4.69, 9.17) is 4.74 Å². The van der Waals surface area contributed by atoms with Crippen LogP contribution in [0, 0.1) is 5.41 Å². The van der Waals surface area contributed by atoms with Crippen LogP contribution >= 0.6 is 0 Å². The van der Waals surface area contributed by atoms with Gasteiger partial charge in [0.05, 0.1) is 12.2 Å². The number of rotatable bonds is 4. The van der Waals surface area contributed by atoms with E-state index in [1.54, 1.807) is 0 Å². The van der Waals surface area contributed by atoms with Crippen LogP contribution in [0.1, 0.15) is 52.0 Å². The topological polar surface area (TPSA) is 32.8 Å². The largest absolute Gasteiger partial charge is 0.375 e. The van der Waals surface area contributed by atoms with Crippen LogP contribution in [0.25, 0.3) is 0 Å². The molecule has 1 amide bonds. The summed E-state index contributed by atoms with van der Waals surface area (Å²) in [4.78, 5) is 16.9. The number of piperidine rings is 2. The molecule has 1 aromatic carbocycles. The Morgan fingerprint density at radius 1 is 0.962 bits per heavy atom. The Labute approximate surface area is 158 Å². The van der Waals surface area contributed by atoms with E-state index in [9.17, 15) is 4.79 Å². The Kier molecular flexibility index (Phi) is 6.36. The molecule has 4 heteroatoms. The summed E-state index contributed by atoms with van der Waals surface area (Å²) in [6, 6.07) is 10.7. The Morgan fingerprint density at radius 2 is 1.50 bits per heavy atom. The fourth-order valence-corrected chi connectivity index (χ4v) is 3.99. The van der Waals surface area contributed by atoms with E-state index in [2.05, 4.69) is 35.2 Å². The van der Waals surface area contributed by atoms with Crippen molar-refractivity contribution in [2.45, 2.75) is 65.2 Å². The van der Waals surface area contributed by atoms with Crippen LogP contribution in [0.15, 0.2) is 30.3 Å². The Balaban J connectivity index is 1.37. The minimum Gasteiger partial charge on any atom is -0.375 e. The first kappa shape index (κ1) is 19.4. The monoisotopic (exact) mass is 358 g/mol. The standard InChI is InChI=1S/C22H34N2O2/c1-22(2,3)21(25)24-15-11-20(12-16-24)26-19-9-13-23(14-10-19)17-18-7-5-4-6-8-18/h4-8,19-20H,9-17H2,1-3H3. The molecule has 0 bridgehead atoms. The molecule has 0 saturated carbocycles. The maximum Gasteiger partial charge on any atom is 0.227 e. The summed E-state index contributed by atoms with van der Waals surface area (Å²) >= 11 is 0. The highest BCUT2D eigenvalue weighted by Crippen LogP contribution is 2.25. The van der Waals surface area contributed by atoms with Crippen molar-refractivity contribution in [1.29, 1.82) is 0 Å². The molecule has 2 aliphatic heterocycles. The van der Waals surface area contributed by atoms with Crippen molar-refractivity contribution >= 4 is 5.91 Å². The second-order valence-corrected chi connectivity index (χ2v) is 8.84. The van der Waals surface area contributed by atoms with E-state index < -0.39 is 0 Å². The third-order valence-electron chi connectivity index (χ3n) is 5.54. The van der Waals surface area contributed by atoms with Gasteiger partial charge >= 0.3 is 0 Å². The van der Waals surface area contributed by atoms with Crippen molar-refractivity contribution in [3.05, 3.63) is 35.9 Å². The molecule has 0 radical (unpaired) electrons. The van der Waals surface area contributed by atoms with Crippen molar-refractivity contribution in [3.63, 3.8) is 0 Å². The van der Waals surface area contributed by atoms with E-state index >= 15 is 0 Å². The van der Waals surface area contributed by atoms with E-state index in [0.717, 1.165) is 58.4 Å². The quantitative estimate of drug-likeness (QED) is 0.823. The lowest BCUT2D eigenvalue weighted by Gasteiger charge is -2.38. The van der Waals surface area contributed by atoms with Gasteiger partial charge in [0.25, 0.3) is 0 Å². The molecule has 2 heterocycles. The zero-order valence-corrected chi connectivity index (χ0v) is 16.6. The Hall–Kier alpha value is -1.39. The second kappa shape index (κ2) is 8.53. The highest BCUT2D eigenvalue weighted by Gasteiger charge is 2.31. The molecule has 144 valence electrons. The molecule has 1 aromatic rings. The molecule has 0 aliphatic carbocycles. The molecule has 0 N–H and O–H groups in total. The summed E-state index contributed by atoms with van der Waals surface area (Å²) in [6.45, 7) is 11.0. The number of likely N-dealkylation sites (tertiary alicyclic amines) is 2. The fraction of sp³-hybridized carbons (Fsp3) is 0.682. The third kappa shape index (κ3) is 5.31. The third-order valence-corrected chi connectivity index (χ3v) is 5.54. The molecule has 2 saturated heterocycles. The number of hydrogen-bond acceptors (Lipinski definition) is 3. The van der Waals surface area contributed by atoms with Gasteiger partial charge in [0, 0.05) is 38.1 Å². The summed E-state index contributed by atoms with van der Waals surface area (Å²) in [7, 11) is 0. The lowest BCUT2D eigenvalue weighted by molar-refractivity contribution is -0.143. The summed E-state index contributed by atoms with van der Waals surface area (Å²) < 4.78 is 6.38. The molecule has 3 rings (SSSR count). The van der Waals surface area contributed by atoms with Crippen molar-refractivity contribution < 1.29 is 9.53 Å². The summed E-state index contributed by atoms with van der Waals surface area (Å²) in [5, 5.41) is 0. The smallest absolute Gasteiger partial charge is 0.227 e. The molecule has 2 aliphatic rings. The summed E-state index contributed by atoms with van der Waals surface area (Å²) in [5.74, 6) is 0.269. The van der Waals surface area contributed by atoms with Gasteiger partial charge in [-0.15, -0.1) is 0 Å². The van der Waals surface area contributed by atoms with Gasteiger partial charge in [0.1, 0.15) is 0 Å². The average Bonchev–Trinajstić information content (AvgIpc) is 2.63. The number of nitrogens with zero attached hydrogens (tertiary/aromatic N) is 2. The average molecular weight is 359 g/mol. The van der Waals surface area contributed by atoms with Gasteiger partial charge in [-0.2, -0.15) is 0 Å². The van der Waals surface area contributed by atoms with E-state index in [1.165, 1.54) is 5.56 Å². The Morgan fingerprint density at radius 3 is 2.04 bits per heavy atom. The zero-order valence-electron chi connectivity index (χ0n) is 16.6. The molecule has 0 unspecified atom stereocenters. The predicted octanol–water partition coefficient (Wildman–Crippen LogP) is 3.70. The van der Waals surface area contributed by atoms with Gasteiger partial charge in [-0.25, -0.2) is 0 Å². The number of hydrogen-bond donors (Lipinski definition) is 0. The van der Waals surface area contributed by atoms with Crippen molar-refractivity contribution in [2.24, 2.45) is 5.41 Å². The minimum absolute atomic E-state index is 0.269. The van der Waals surface area contributed by atoms with Crippen molar-refractivity contribution in [2.75, 3.05) is 26.2 Å². The SMILES string of the molecule is CC(C)(C)C(=O)N1CCC(OC2CCN(Cc3ccccc3)CC2)CC1. The first-order chi connectivity index (χ1) is 12.4. The lowest BCUT2D eigenvalue weighted by atomic mass is 9.93. The lowest BCUT2D eigenvalue weighted by Crippen LogP contribution is -2.46. The number of amides is 1. The van der Waals surface area contributed by atoms with Crippen LogP contribution in [0.5, 0.6) is 0 Å². The van der Waals surface area contributed by atoms with Crippen molar-refractivity contribution in [3.8, 4) is 0 Å². The summed E-state index contributed by atoms with van der Waals surface area (Å²) in [5.41, 5.74) is 1.11. The van der Waals surface area contributed by atoms with Gasteiger partial charge < -0.3 is 9.64 Å². The maximum absolute atomic E-state index is 12.4. The van der Waals surface area contributed by atoms with Crippen LogP contribution in [-0.4, -0.2) is 54.1 Å². The number of ether oxygens (including phenoxy) is 1. The summed E-state index contributed by atoms with van der Waals surface area (Å²) in [6.07, 6.45) is 4.90. The fourth-order valence-electron chi connectivity index (χ4n) is 3.99. The molecular weight excluding hydrogens is 324 g/mol. The second-order valence-electron chi connectivity index (χ2n) is 8.84. The van der Waals surface area contributed by atoms with Crippen LogP contribution in [0.4, 0.5) is 0 Å². The first-order valence-electron chi connectivity index (χ1n) is 10.1. The minimum atomic E-state index is -0.278. The highest BCUT2D eigenvalue weighted by molar-refractivity contribution is 5.81. The highest BCUT2D eigenvalue weighted by atomic mass is 16.5. The van der Waals surface area contributed by atoms with Gasteiger partial charge in [0.15, 0.2) is 0 Å². The maximum atomic E-state index is 12.4. The van der Waals surface area contributed by atoms with Crippen LogP contribution in [-0.2, 0) is 16.1 Å². The Bertz CT molecular complexity index is 566. The van der Waals surface area contributed by atoms with Crippen LogP contribution < -0.4 is 0 Å². The van der Waals surface area contributed by atoms with Crippen molar-refractivity contribution in [1.82, 2.24) is 9.80 Å². The molecule has 0 spiro atoms. The molecule has 0 atom stereocenters. The van der Waals surface area contributed by atoms with Gasteiger partial charge in [0.2, 0.25) is 5.91 Å². The van der Waals surface area contributed by atoms with Gasteiger partial charge in [-0.05, 0) is 31.2 Å². The van der Waals surface area contributed by atoms with Crippen LogP contribution in [0.2, 0.25) is 0 Å². The van der Waals surface area contributed by atoms with Gasteiger partial charge in [-0.3, -0.25) is 9.69 Å². The molecule has 0 aromatic heterocycles. The van der Waals surface area contributed by atoms with Crippen LogP contribution in [0.3, 0.4) is 0 Å². The van der Waals surface area contributed by atoms with E-state index in [-0.39, 0.29) is 11.3 Å². The number of carbonyl (C=O) groups excluding carboxylic acids is 1. The van der Waals surface area contributed by atoms with E-state index in [0.29, 0.717) is 12.2 Å². The normalized spacial score (nSPS) is 21.1. The van der Waals surface area contributed by atoms with Gasteiger partial charge in [-0.1, -0.05) is 51.1 Å². The number of benzene rings is 1. The zero-order chi connectivity index (χ0) is 18.6. The first-order valence-corrected chi connectivity index (χ1v) is 10.1. The molecule has 2 fully saturated rings. The predicted molar refractivity (Wildman–Crippen MR) is 105 cm³/mol. The molecule has 4 nitrogen and oxygen atoms in total. The van der Waals surface area contributed by atoms with E-state index in [1.807, 2.05) is 25.7 Å². The number of carbonyl (C=O) groups is 1.